The van der Waals surface area contributed by atoms with Crippen molar-refractivity contribution in [3.63, 3.8) is 0 Å². The molecule has 0 spiro atoms. The Bertz CT molecular complexity index is 646. The van der Waals surface area contributed by atoms with Gasteiger partial charge in [-0.15, -0.1) is 0 Å². The largest absolute Gasteiger partial charge is 0.382 e. The molecule has 0 radical (unpaired) electrons. The predicted octanol–water partition coefficient (Wildman–Crippen LogP) is 2.67. The predicted molar refractivity (Wildman–Crippen MR) is 97.0 cm³/mol. The molecular formula is C20H26N2O2. The summed E-state index contributed by atoms with van der Waals surface area (Å²) < 4.78 is 0. The SMILES string of the molecule is CC(C)(O)C(=O)c1ccc(C(NCCCN)c2ccccc2)cc1. The lowest BCUT2D eigenvalue weighted by atomic mass is 9.93. The quantitative estimate of drug-likeness (QED) is 0.515. The molecule has 1 unspecified atom stereocenters. The normalized spacial score (nSPS) is 12.8. The van der Waals surface area contributed by atoms with Gasteiger partial charge in [0.15, 0.2) is 5.78 Å². The second-order valence-corrected chi connectivity index (χ2v) is 6.45. The summed E-state index contributed by atoms with van der Waals surface area (Å²) in [5.41, 5.74) is 6.97. The molecule has 4 nitrogen and oxygen atoms in total. The Morgan fingerprint density at radius 2 is 1.67 bits per heavy atom. The van der Waals surface area contributed by atoms with Gasteiger partial charge in [0, 0.05) is 5.56 Å². The smallest absolute Gasteiger partial charge is 0.193 e. The van der Waals surface area contributed by atoms with E-state index in [1.54, 1.807) is 12.1 Å². The Morgan fingerprint density at radius 1 is 1.08 bits per heavy atom. The van der Waals surface area contributed by atoms with E-state index in [1.807, 2.05) is 30.3 Å². The minimum Gasteiger partial charge on any atom is -0.382 e. The summed E-state index contributed by atoms with van der Waals surface area (Å²) in [4.78, 5) is 12.1. The van der Waals surface area contributed by atoms with Gasteiger partial charge >= 0.3 is 0 Å². The summed E-state index contributed by atoms with van der Waals surface area (Å²) in [6, 6.07) is 17.6. The van der Waals surface area contributed by atoms with E-state index in [0.717, 1.165) is 24.1 Å². The number of rotatable bonds is 8. The van der Waals surface area contributed by atoms with E-state index in [1.165, 1.54) is 13.8 Å². The summed E-state index contributed by atoms with van der Waals surface area (Å²) in [7, 11) is 0. The summed E-state index contributed by atoms with van der Waals surface area (Å²) in [5.74, 6) is -0.276. The maximum atomic E-state index is 12.1. The average molecular weight is 326 g/mol. The van der Waals surface area contributed by atoms with Crippen molar-refractivity contribution in [2.45, 2.75) is 31.9 Å². The van der Waals surface area contributed by atoms with Crippen LogP contribution in [0.5, 0.6) is 0 Å². The molecule has 128 valence electrons. The first kappa shape index (κ1) is 18.3. The molecule has 0 aliphatic carbocycles. The van der Waals surface area contributed by atoms with Crippen LogP contribution in [0.4, 0.5) is 0 Å². The molecule has 0 aromatic heterocycles. The van der Waals surface area contributed by atoms with Crippen molar-refractivity contribution in [1.82, 2.24) is 5.32 Å². The van der Waals surface area contributed by atoms with E-state index in [0.29, 0.717) is 12.1 Å². The number of hydrogen-bond acceptors (Lipinski definition) is 4. The van der Waals surface area contributed by atoms with Crippen LogP contribution in [0.2, 0.25) is 0 Å². The minimum absolute atomic E-state index is 0.0454. The number of carbonyl (C=O) groups excluding carboxylic acids is 1. The van der Waals surface area contributed by atoms with Gasteiger partial charge in [0.05, 0.1) is 6.04 Å². The third-order valence-electron chi connectivity index (χ3n) is 3.92. The van der Waals surface area contributed by atoms with Crippen LogP contribution in [0.25, 0.3) is 0 Å². The second kappa shape index (κ2) is 8.20. The monoisotopic (exact) mass is 326 g/mol. The lowest BCUT2D eigenvalue weighted by molar-refractivity contribution is 0.0488. The molecule has 0 amide bonds. The van der Waals surface area contributed by atoms with Crippen molar-refractivity contribution in [3.8, 4) is 0 Å². The van der Waals surface area contributed by atoms with E-state index in [2.05, 4.69) is 17.4 Å². The molecule has 0 aliphatic rings. The van der Waals surface area contributed by atoms with Crippen molar-refractivity contribution < 1.29 is 9.90 Å². The lowest BCUT2D eigenvalue weighted by Gasteiger charge is -2.21. The highest BCUT2D eigenvalue weighted by Gasteiger charge is 2.25. The molecule has 1 atom stereocenters. The molecule has 2 rings (SSSR count). The molecule has 0 heterocycles. The second-order valence-electron chi connectivity index (χ2n) is 6.45. The van der Waals surface area contributed by atoms with Gasteiger partial charge in [-0.05, 0) is 44.5 Å². The molecule has 0 saturated carbocycles. The highest BCUT2D eigenvalue weighted by molar-refractivity contribution is 6.01. The van der Waals surface area contributed by atoms with Crippen LogP contribution in [-0.4, -0.2) is 29.6 Å². The van der Waals surface area contributed by atoms with E-state index < -0.39 is 5.60 Å². The third-order valence-corrected chi connectivity index (χ3v) is 3.92. The van der Waals surface area contributed by atoms with Gasteiger partial charge in [-0.3, -0.25) is 4.79 Å². The summed E-state index contributed by atoms with van der Waals surface area (Å²) in [5, 5.41) is 13.4. The standard InChI is InChI=1S/C20H26N2O2/c1-20(2,24)19(23)17-11-9-16(10-12-17)18(22-14-6-13-21)15-7-4-3-5-8-15/h3-5,7-12,18,22,24H,6,13-14,21H2,1-2H3. The van der Waals surface area contributed by atoms with Gasteiger partial charge in [0.1, 0.15) is 5.60 Å². The number of Topliss-reactive ketones (excluding diaryl/α,β-unsaturated/α-hetero) is 1. The van der Waals surface area contributed by atoms with Crippen molar-refractivity contribution in [3.05, 3.63) is 71.3 Å². The minimum atomic E-state index is -1.36. The topological polar surface area (TPSA) is 75.3 Å². The number of carbonyl (C=O) groups is 1. The lowest BCUT2D eigenvalue weighted by Crippen LogP contribution is -2.31. The summed E-state index contributed by atoms with van der Waals surface area (Å²) in [6.45, 7) is 4.47. The van der Waals surface area contributed by atoms with Crippen LogP contribution in [0.3, 0.4) is 0 Å². The Hall–Kier alpha value is -2.01. The molecule has 4 heteroatoms. The van der Waals surface area contributed by atoms with Gasteiger partial charge in [0.2, 0.25) is 0 Å². The first-order chi connectivity index (χ1) is 11.4. The fourth-order valence-corrected chi connectivity index (χ4v) is 2.60. The van der Waals surface area contributed by atoms with Crippen molar-refractivity contribution >= 4 is 5.78 Å². The van der Waals surface area contributed by atoms with Crippen LogP contribution in [0.15, 0.2) is 54.6 Å². The Labute approximate surface area is 143 Å². The Balaban J connectivity index is 2.25. The van der Waals surface area contributed by atoms with E-state index in [-0.39, 0.29) is 11.8 Å². The van der Waals surface area contributed by atoms with Crippen molar-refractivity contribution in [1.29, 1.82) is 0 Å². The number of benzene rings is 2. The number of aliphatic hydroxyl groups is 1. The maximum Gasteiger partial charge on any atom is 0.193 e. The van der Waals surface area contributed by atoms with E-state index in [9.17, 15) is 9.90 Å². The zero-order chi connectivity index (χ0) is 17.6. The molecular weight excluding hydrogens is 300 g/mol. The first-order valence-electron chi connectivity index (χ1n) is 8.29. The summed E-state index contributed by atoms with van der Waals surface area (Å²) >= 11 is 0. The number of ketones is 1. The van der Waals surface area contributed by atoms with Gasteiger partial charge in [-0.2, -0.15) is 0 Å². The van der Waals surface area contributed by atoms with Crippen LogP contribution in [0, 0.1) is 0 Å². The fraction of sp³-hybridized carbons (Fsp3) is 0.350. The van der Waals surface area contributed by atoms with Crippen LogP contribution in [-0.2, 0) is 0 Å². The maximum absolute atomic E-state index is 12.1. The molecule has 0 fully saturated rings. The highest BCUT2D eigenvalue weighted by atomic mass is 16.3. The van der Waals surface area contributed by atoms with Crippen LogP contribution in [0.1, 0.15) is 47.8 Å². The van der Waals surface area contributed by atoms with Gasteiger partial charge in [-0.25, -0.2) is 0 Å². The van der Waals surface area contributed by atoms with E-state index in [4.69, 9.17) is 5.73 Å². The van der Waals surface area contributed by atoms with Crippen LogP contribution < -0.4 is 11.1 Å². The van der Waals surface area contributed by atoms with Gasteiger partial charge in [-0.1, -0.05) is 54.6 Å². The number of nitrogens with two attached hydrogens (primary N) is 1. The molecule has 2 aromatic rings. The van der Waals surface area contributed by atoms with Gasteiger partial charge in [0.25, 0.3) is 0 Å². The Morgan fingerprint density at radius 3 is 2.21 bits per heavy atom. The van der Waals surface area contributed by atoms with E-state index >= 15 is 0 Å². The number of hydrogen-bond donors (Lipinski definition) is 3. The first-order valence-corrected chi connectivity index (χ1v) is 8.29. The molecule has 0 saturated heterocycles. The number of nitrogens with one attached hydrogen (secondary N) is 1. The zero-order valence-corrected chi connectivity index (χ0v) is 14.3. The molecule has 4 N–H and O–H groups in total. The Kier molecular flexibility index (Phi) is 6.26. The van der Waals surface area contributed by atoms with Gasteiger partial charge < -0.3 is 16.2 Å². The highest BCUT2D eigenvalue weighted by Crippen LogP contribution is 2.23. The molecule has 2 aromatic carbocycles. The zero-order valence-electron chi connectivity index (χ0n) is 14.3. The van der Waals surface area contributed by atoms with Crippen molar-refractivity contribution in [2.75, 3.05) is 13.1 Å². The third kappa shape index (κ3) is 4.74. The van der Waals surface area contributed by atoms with Crippen molar-refractivity contribution in [2.24, 2.45) is 5.73 Å². The summed E-state index contributed by atoms with van der Waals surface area (Å²) in [6.07, 6.45) is 0.901. The fourth-order valence-electron chi connectivity index (χ4n) is 2.60. The molecule has 0 bridgehead atoms. The van der Waals surface area contributed by atoms with Crippen LogP contribution >= 0.6 is 0 Å². The molecule has 0 aliphatic heterocycles. The average Bonchev–Trinajstić information content (AvgIpc) is 2.58. The molecule has 24 heavy (non-hydrogen) atoms.